The van der Waals surface area contributed by atoms with E-state index in [2.05, 4.69) is 4.74 Å². The number of fused-ring (bicyclic) bond motifs is 2. The lowest BCUT2D eigenvalue weighted by atomic mass is 9.78. The fraction of sp³-hybridized carbons (Fsp3) is 0.0714. The van der Waals surface area contributed by atoms with Gasteiger partial charge in [0.05, 0.1) is 5.56 Å². The third-order valence-corrected chi connectivity index (χ3v) is 3.09. The van der Waals surface area contributed by atoms with Crippen LogP contribution >= 0.6 is 0 Å². The molecule has 2 N–H and O–H groups in total. The van der Waals surface area contributed by atoms with Crippen LogP contribution in [-0.4, -0.2) is 12.1 Å². The van der Waals surface area contributed by atoms with Crippen molar-refractivity contribution in [1.82, 2.24) is 0 Å². The molecular formula is C14H8F3NO2. The van der Waals surface area contributed by atoms with Crippen LogP contribution < -0.4 is 10.5 Å². The normalized spacial score (nSPS) is 13.1. The second-order valence-corrected chi connectivity index (χ2v) is 4.35. The molecule has 2 aliphatic carbocycles. The molecule has 2 aliphatic rings. The number of carbonyl (C=O) groups is 1. The number of rotatable bonds is 2. The average molecular weight is 279 g/mol. The molecular weight excluding hydrogens is 271 g/mol. The van der Waals surface area contributed by atoms with E-state index in [1.807, 2.05) is 0 Å². The van der Waals surface area contributed by atoms with Crippen LogP contribution in [0.25, 0.3) is 11.1 Å². The topological polar surface area (TPSA) is 52.3 Å². The Hall–Kier alpha value is -2.50. The van der Waals surface area contributed by atoms with Crippen molar-refractivity contribution in [2.24, 2.45) is 0 Å². The molecule has 2 aromatic carbocycles. The van der Waals surface area contributed by atoms with E-state index in [4.69, 9.17) is 5.73 Å². The number of halogens is 3. The molecule has 0 heterocycles. The van der Waals surface area contributed by atoms with Crippen LogP contribution in [0.2, 0.25) is 0 Å². The van der Waals surface area contributed by atoms with Crippen molar-refractivity contribution in [2.75, 3.05) is 5.73 Å². The number of nitrogens with two attached hydrogens (primary N) is 1. The smallest absolute Gasteiger partial charge is 0.406 e. The van der Waals surface area contributed by atoms with Gasteiger partial charge >= 0.3 is 6.36 Å². The lowest BCUT2D eigenvalue weighted by Gasteiger charge is -2.24. The molecule has 0 amide bonds. The van der Waals surface area contributed by atoms with Gasteiger partial charge in [-0.2, -0.15) is 0 Å². The standard InChI is InChI=1S/C14H8F3NO2/c15-14(16,17)20-8-3-1-7(2-4-8)11-9-5-6-10(18)12(11)13(9)19/h1-6H,18H2. The Balaban J connectivity index is 1.95. The molecule has 0 spiro atoms. The number of anilines is 1. The lowest BCUT2D eigenvalue weighted by Crippen LogP contribution is -2.20. The largest absolute Gasteiger partial charge is 0.573 e. The van der Waals surface area contributed by atoms with Crippen molar-refractivity contribution in [3.05, 3.63) is 47.5 Å². The minimum Gasteiger partial charge on any atom is -0.406 e. The van der Waals surface area contributed by atoms with Gasteiger partial charge in [0.1, 0.15) is 5.75 Å². The Bertz CT molecular complexity index is 706. The molecule has 0 atom stereocenters. The van der Waals surface area contributed by atoms with E-state index >= 15 is 0 Å². The van der Waals surface area contributed by atoms with Gasteiger partial charge in [-0.25, -0.2) is 0 Å². The van der Waals surface area contributed by atoms with Crippen molar-refractivity contribution in [1.29, 1.82) is 0 Å². The summed E-state index contributed by atoms with van der Waals surface area (Å²) in [5.41, 5.74) is 8.34. The first-order valence-corrected chi connectivity index (χ1v) is 5.70. The zero-order chi connectivity index (χ0) is 14.5. The van der Waals surface area contributed by atoms with Gasteiger partial charge in [0, 0.05) is 16.8 Å². The van der Waals surface area contributed by atoms with Crippen molar-refractivity contribution in [3.8, 4) is 16.9 Å². The predicted molar refractivity (Wildman–Crippen MR) is 66.4 cm³/mol. The summed E-state index contributed by atoms with van der Waals surface area (Å²) in [5, 5.41) is 0. The van der Waals surface area contributed by atoms with Crippen LogP contribution in [0.4, 0.5) is 18.9 Å². The monoisotopic (exact) mass is 279 g/mol. The summed E-state index contributed by atoms with van der Waals surface area (Å²) in [4.78, 5) is 11.7. The molecule has 0 aliphatic heterocycles. The quantitative estimate of drug-likeness (QED) is 0.732. The molecule has 6 heteroatoms. The van der Waals surface area contributed by atoms with Gasteiger partial charge in [-0.1, -0.05) is 12.1 Å². The summed E-state index contributed by atoms with van der Waals surface area (Å²) in [6, 6.07) is 8.59. The zero-order valence-corrected chi connectivity index (χ0v) is 9.99. The number of carbonyl (C=O) groups excluding carboxylic acids is 1. The van der Waals surface area contributed by atoms with E-state index in [1.54, 1.807) is 12.1 Å². The van der Waals surface area contributed by atoms with E-state index in [0.717, 1.165) is 0 Å². The highest BCUT2D eigenvalue weighted by atomic mass is 19.4. The molecule has 102 valence electrons. The second-order valence-electron chi connectivity index (χ2n) is 4.35. The van der Waals surface area contributed by atoms with Crippen LogP contribution in [0, 0.1) is 0 Å². The van der Waals surface area contributed by atoms with E-state index in [1.165, 1.54) is 24.3 Å². The Kier molecular flexibility index (Phi) is 2.50. The highest BCUT2D eigenvalue weighted by molar-refractivity contribution is 6.28. The molecule has 0 saturated heterocycles. The maximum absolute atomic E-state index is 12.1. The van der Waals surface area contributed by atoms with Crippen molar-refractivity contribution in [3.63, 3.8) is 0 Å². The minimum atomic E-state index is -4.72. The van der Waals surface area contributed by atoms with Gasteiger partial charge in [0.2, 0.25) is 0 Å². The molecule has 0 saturated carbocycles. The first kappa shape index (κ1) is 12.5. The van der Waals surface area contributed by atoms with Crippen molar-refractivity contribution in [2.45, 2.75) is 6.36 Å². The molecule has 2 aromatic rings. The van der Waals surface area contributed by atoms with Gasteiger partial charge in [-0.3, -0.25) is 4.79 Å². The van der Waals surface area contributed by atoms with Crippen LogP contribution in [0.5, 0.6) is 5.75 Å². The zero-order valence-electron chi connectivity index (χ0n) is 9.99. The Labute approximate surface area is 111 Å². The highest BCUT2D eigenvalue weighted by Crippen LogP contribution is 2.42. The van der Waals surface area contributed by atoms with Gasteiger partial charge in [0.15, 0.2) is 5.78 Å². The molecule has 20 heavy (non-hydrogen) atoms. The number of ketones is 1. The summed E-state index contributed by atoms with van der Waals surface area (Å²) in [5.74, 6) is -0.434. The average Bonchev–Trinajstić information content (AvgIpc) is 2.36. The lowest BCUT2D eigenvalue weighted by molar-refractivity contribution is -0.274. The Morgan fingerprint density at radius 1 is 0.950 bits per heavy atom. The third kappa shape index (κ3) is 1.89. The molecule has 4 rings (SSSR count). The molecule has 0 fully saturated rings. The Morgan fingerprint density at radius 3 is 2.10 bits per heavy atom. The second kappa shape index (κ2) is 4.00. The minimum absolute atomic E-state index is 0.129. The Morgan fingerprint density at radius 2 is 1.60 bits per heavy atom. The molecule has 0 unspecified atom stereocenters. The number of ether oxygens (including phenoxy) is 1. The van der Waals surface area contributed by atoms with Gasteiger partial charge in [0.25, 0.3) is 0 Å². The summed E-state index contributed by atoms with van der Waals surface area (Å²) in [7, 11) is 0. The molecule has 0 aromatic heterocycles. The number of hydrogen-bond acceptors (Lipinski definition) is 3. The summed E-state index contributed by atoms with van der Waals surface area (Å²) in [6.45, 7) is 0. The van der Waals surface area contributed by atoms with Crippen LogP contribution in [0.1, 0.15) is 15.9 Å². The number of alkyl halides is 3. The highest BCUT2D eigenvalue weighted by Gasteiger charge is 2.33. The number of hydrogen-bond donors (Lipinski definition) is 1. The van der Waals surface area contributed by atoms with Gasteiger partial charge < -0.3 is 10.5 Å². The summed E-state index contributed by atoms with van der Waals surface area (Å²) < 4.78 is 40.0. The molecule has 0 radical (unpaired) electrons. The number of benzene rings is 2. The SMILES string of the molecule is Nc1ccc2c(-c3ccc(OC(F)(F)F)cc3)c1C2=O. The van der Waals surface area contributed by atoms with Gasteiger partial charge in [-0.15, -0.1) is 13.2 Å². The summed E-state index contributed by atoms with van der Waals surface area (Å²) in [6.07, 6.45) is -4.72. The van der Waals surface area contributed by atoms with Crippen LogP contribution in [-0.2, 0) is 0 Å². The van der Waals surface area contributed by atoms with Crippen molar-refractivity contribution < 1.29 is 22.7 Å². The van der Waals surface area contributed by atoms with E-state index in [9.17, 15) is 18.0 Å². The third-order valence-electron chi connectivity index (χ3n) is 3.09. The predicted octanol–water partition coefficient (Wildman–Crippen LogP) is 3.38. The van der Waals surface area contributed by atoms with E-state index < -0.39 is 6.36 Å². The fourth-order valence-corrected chi connectivity index (χ4v) is 2.25. The maximum Gasteiger partial charge on any atom is 0.573 e. The first-order valence-electron chi connectivity index (χ1n) is 5.70. The van der Waals surface area contributed by atoms with Gasteiger partial charge in [-0.05, 0) is 29.8 Å². The van der Waals surface area contributed by atoms with E-state index in [-0.39, 0.29) is 11.5 Å². The maximum atomic E-state index is 12.1. The first-order chi connectivity index (χ1) is 9.37. The van der Waals surface area contributed by atoms with Crippen LogP contribution in [0.3, 0.4) is 0 Å². The van der Waals surface area contributed by atoms with E-state index in [0.29, 0.717) is 27.9 Å². The fourth-order valence-electron chi connectivity index (χ4n) is 2.25. The molecule has 3 nitrogen and oxygen atoms in total. The molecule has 2 bridgehead atoms. The van der Waals surface area contributed by atoms with Crippen molar-refractivity contribution >= 4 is 11.5 Å². The number of nitrogen functional groups attached to an aromatic ring is 1. The summed E-state index contributed by atoms with van der Waals surface area (Å²) >= 11 is 0. The van der Waals surface area contributed by atoms with Crippen LogP contribution in [0.15, 0.2) is 36.4 Å².